The standard InChI is InChI=1S/C38H41N3O.CH4/c1-28(2)38(42)39-32-16-11-15-31(27-32)29-22-25-40(26-23-29)24-12-20-35-34-19-9-10-21-36(34)41(33-17-7-4-8-18-33)37(35)30-13-5-3-6-14-30;/h3-11,13-19,21,27-29H,12,20,22-26H2,1-2H3,(H,39,42);1H4. The lowest BCUT2D eigenvalue weighted by molar-refractivity contribution is -0.118. The predicted molar refractivity (Wildman–Crippen MR) is 182 cm³/mol. The highest BCUT2D eigenvalue weighted by Crippen LogP contribution is 2.37. The summed E-state index contributed by atoms with van der Waals surface area (Å²) >= 11 is 0. The topological polar surface area (TPSA) is 37.3 Å². The fraction of sp³-hybridized carbons (Fsp3) is 0.308. The lowest BCUT2D eigenvalue weighted by Gasteiger charge is -2.32. The zero-order valence-electron chi connectivity index (χ0n) is 24.8. The van der Waals surface area contributed by atoms with E-state index in [1.165, 1.54) is 39.0 Å². The van der Waals surface area contributed by atoms with Crippen molar-refractivity contribution in [3.63, 3.8) is 0 Å². The van der Waals surface area contributed by atoms with Gasteiger partial charge in [-0.15, -0.1) is 0 Å². The van der Waals surface area contributed by atoms with Gasteiger partial charge in [-0.1, -0.05) is 100 Å². The van der Waals surface area contributed by atoms with Crippen molar-refractivity contribution in [3.05, 3.63) is 120 Å². The molecule has 1 saturated heterocycles. The smallest absolute Gasteiger partial charge is 0.226 e. The van der Waals surface area contributed by atoms with E-state index in [0.717, 1.165) is 51.0 Å². The Bertz CT molecular complexity index is 1630. The molecule has 6 rings (SSSR count). The number of nitrogens with zero attached hydrogens (tertiary/aromatic N) is 2. The maximum Gasteiger partial charge on any atom is 0.226 e. The van der Waals surface area contributed by atoms with Crippen LogP contribution in [-0.4, -0.2) is 35.0 Å². The molecule has 0 unspecified atom stereocenters. The first-order valence-electron chi connectivity index (χ1n) is 15.4. The molecule has 0 aliphatic carbocycles. The number of para-hydroxylation sites is 2. The van der Waals surface area contributed by atoms with E-state index in [-0.39, 0.29) is 19.3 Å². The number of piperidine rings is 1. The Hall–Kier alpha value is -4.15. The highest BCUT2D eigenvalue weighted by molar-refractivity contribution is 5.94. The minimum absolute atomic E-state index is 0. The minimum atomic E-state index is -0.0180. The van der Waals surface area contributed by atoms with Crippen LogP contribution in [0, 0.1) is 5.92 Å². The molecule has 1 N–H and O–H groups in total. The summed E-state index contributed by atoms with van der Waals surface area (Å²) in [5.74, 6) is 0.602. The molecule has 0 radical (unpaired) electrons. The van der Waals surface area contributed by atoms with Gasteiger partial charge in [-0.3, -0.25) is 4.79 Å². The second-order valence-electron chi connectivity index (χ2n) is 11.9. The van der Waals surface area contributed by atoms with E-state index in [2.05, 4.69) is 118 Å². The molecule has 1 amide bonds. The fourth-order valence-corrected chi connectivity index (χ4v) is 6.43. The molecule has 2 heterocycles. The van der Waals surface area contributed by atoms with E-state index < -0.39 is 0 Å². The van der Waals surface area contributed by atoms with E-state index in [9.17, 15) is 4.79 Å². The molecular formula is C39H45N3O. The largest absolute Gasteiger partial charge is 0.326 e. The monoisotopic (exact) mass is 571 g/mol. The summed E-state index contributed by atoms with van der Waals surface area (Å²) in [6, 6.07) is 39.0. The number of aryl methyl sites for hydroxylation is 1. The van der Waals surface area contributed by atoms with E-state index in [1.54, 1.807) is 0 Å². The molecular weight excluding hydrogens is 526 g/mol. The summed E-state index contributed by atoms with van der Waals surface area (Å²) in [7, 11) is 0. The number of rotatable bonds is 9. The summed E-state index contributed by atoms with van der Waals surface area (Å²) in [5, 5.41) is 4.41. The van der Waals surface area contributed by atoms with Gasteiger partial charge in [0.05, 0.1) is 11.2 Å². The molecule has 4 heteroatoms. The number of likely N-dealkylation sites (tertiary alicyclic amines) is 1. The quantitative estimate of drug-likeness (QED) is 0.191. The van der Waals surface area contributed by atoms with Crippen LogP contribution < -0.4 is 5.32 Å². The Morgan fingerprint density at radius 1 is 0.837 bits per heavy atom. The van der Waals surface area contributed by atoms with Crippen LogP contribution in [0.25, 0.3) is 27.8 Å². The molecule has 43 heavy (non-hydrogen) atoms. The van der Waals surface area contributed by atoms with Crippen molar-refractivity contribution in [1.82, 2.24) is 9.47 Å². The van der Waals surface area contributed by atoms with Gasteiger partial charge >= 0.3 is 0 Å². The van der Waals surface area contributed by atoms with Gasteiger partial charge < -0.3 is 14.8 Å². The van der Waals surface area contributed by atoms with Crippen molar-refractivity contribution in [3.8, 4) is 16.9 Å². The molecule has 0 spiro atoms. The van der Waals surface area contributed by atoms with Gasteiger partial charge in [-0.05, 0) is 98.3 Å². The number of amides is 1. The summed E-state index contributed by atoms with van der Waals surface area (Å²) in [5.41, 5.74) is 8.75. The average Bonchev–Trinajstić information content (AvgIpc) is 3.36. The third-order valence-corrected chi connectivity index (χ3v) is 8.68. The maximum absolute atomic E-state index is 12.2. The van der Waals surface area contributed by atoms with Crippen LogP contribution in [0.3, 0.4) is 0 Å². The van der Waals surface area contributed by atoms with Crippen molar-refractivity contribution in [2.45, 2.75) is 52.9 Å². The summed E-state index contributed by atoms with van der Waals surface area (Å²) < 4.78 is 2.45. The lowest BCUT2D eigenvalue weighted by atomic mass is 9.89. The third-order valence-electron chi connectivity index (χ3n) is 8.68. The molecule has 5 aromatic rings. The second-order valence-corrected chi connectivity index (χ2v) is 11.9. The van der Waals surface area contributed by atoms with Crippen LogP contribution >= 0.6 is 0 Å². The van der Waals surface area contributed by atoms with Gasteiger partial charge in [-0.2, -0.15) is 0 Å². The molecule has 1 aliphatic heterocycles. The van der Waals surface area contributed by atoms with Gasteiger partial charge in [0.25, 0.3) is 0 Å². The number of anilines is 1. The lowest BCUT2D eigenvalue weighted by Crippen LogP contribution is -2.33. The van der Waals surface area contributed by atoms with E-state index >= 15 is 0 Å². The van der Waals surface area contributed by atoms with Crippen LogP contribution in [-0.2, 0) is 11.2 Å². The van der Waals surface area contributed by atoms with Gasteiger partial charge in [0.1, 0.15) is 0 Å². The third kappa shape index (κ3) is 6.76. The Balaban J connectivity index is 0.00000368. The Kier molecular flexibility index (Phi) is 9.79. The van der Waals surface area contributed by atoms with Gasteiger partial charge in [0.2, 0.25) is 5.91 Å². The van der Waals surface area contributed by atoms with E-state index in [0.29, 0.717) is 5.92 Å². The number of hydrogen-bond acceptors (Lipinski definition) is 2. The van der Waals surface area contributed by atoms with Crippen LogP contribution in [0.1, 0.15) is 57.6 Å². The van der Waals surface area contributed by atoms with Crippen molar-refractivity contribution in [2.24, 2.45) is 5.92 Å². The molecule has 0 bridgehead atoms. The molecule has 0 atom stereocenters. The highest BCUT2D eigenvalue weighted by Gasteiger charge is 2.23. The summed E-state index contributed by atoms with van der Waals surface area (Å²) in [6.45, 7) is 7.20. The zero-order chi connectivity index (χ0) is 28.9. The molecule has 0 saturated carbocycles. The van der Waals surface area contributed by atoms with Crippen LogP contribution in [0.5, 0.6) is 0 Å². The molecule has 1 fully saturated rings. The van der Waals surface area contributed by atoms with Crippen molar-refractivity contribution in [1.29, 1.82) is 0 Å². The van der Waals surface area contributed by atoms with Gasteiger partial charge in [0.15, 0.2) is 0 Å². The summed E-state index contributed by atoms with van der Waals surface area (Å²) in [6.07, 6.45) is 4.49. The number of nitrogens with one attached hydrogen (secondary N) is 1. The van der Waals surface area contributed by atoms with Gasteiger partial charge in [0, 0.05) is 22.7 Å². The van der Waals surface area contributed by atoms with Gasteiger partial charge in [-0.25, -0.2) is 0 Å². The molecule has 1 aliphatic rings. The number of carbonyl (C=O) groups is 1. The summed E-state index contributed by atoms with van der Waals surface area (Å²) in [4.78, 5) is 14.8. The Labute approximate surface area is 257 Å². The number of benzene rings is 4. The number of hydrogen-bond donors (Lipinski definition) is 1. The first kappa shape index (κ1) is 30.3. The maximum atomic E-state index is 12.2. The zero-order valence-corrected chi connectivity index (χ0v) is 24.8. The SMILES string of the molecule is C.CC(C)C(=O)Nc1cccc(C2CCN(CCCc3c(-c4ccccc4)n(-c4ccccc4)c4ccccc34)CC2)c1. The molecule has 1 aromatic heterocycles. The fourth-order valence-electron chi connectivity index (χ4n) is 6.43. The molecule has 4 nitrogen and oxygen atoms in total. The predicted octanol–water partition coefficient (Wildman–Crippen LogP) is 9.34. The first-order valence-corrected chi connectivity index (χ1v) is 15.4. The Morgan fingerprint density at radius 2 is 1.51 bits per heavy atom. The number of fused-ring (bicyclic) bond motifs is 1. The number of aromatic nitrogens is 1. The Morgan fingerprint density at radius 3 is 2.23 bits per heavy atom. The van der Waals surface area contributed by atoms with Crippen molar-refractivity contribution < 1.29 is 4.79 Å². The van der Waals surface area contributed by atoms with E-state index in [4.69, 9.17) is 0 Å². The first-order chi connectivity index (χ1) is 20.6. The normalized spacial score (nSPS) is 14.1. The van der Waals surface area contributed by atoms with Crippen molar-refractivity contribution in [2.75, 3.05) is 25.0 Å². The minimum Gasteiger partial charge on any atom is -0.326 e. The van der Waals surface area contributed by atoms with Crippen LogP contribution in [0.2, 0.25) is 0 Å². The second kappa shape index (κ2) is 13.9. The highest BCUT2D eigenvalue weighted by atomic mass is 16.1. The van der Waals surface area contributed by atoms with Crippen LogP contribution in [0.15, 0.2) is 109 Å². The molecule has 4 aromatic carbocycles. The van der Waals surface area contributed by atoms with Crippen molar-refractivity contribution >= 4 is 22.5 Å². The molecule has 222 valence electrons. The van der Waals surface area contributed by atoms with E-state index in [1.807, 2.05) is 19.9 Å². The number of carbonyl (C=O) groups excluding carboxylic acids is 1. The average molecular weight is 572 g/mol. The van der Waals surface area contributed by atoms with Crippen LogP contribution in [0.4, 0.5) is 5.69 Å².